The Bertz CT molecular complexity index is 4430. The van der Waals surface area contributed by atoms with Crippen molar-refractivity contribution in [2.75, 3.05) is 0 Å². The smallest absolute Gasteiger partial charge is 0.198 e. The lowest BCUT2D eigenvalue weighted by Gasteiger charge is -2.37. The van der Waals surface area contributed by atoms with E-state index in [1.54, 1.807) is 24.8 Å². The molecule has 0 spiro atoms. The number of imidazole rings is 4. The highest BCUT2D eigenvalue weighted by molar-refractivity contribution is 5.83. The normalized spacial score (nSPS) is 11.8. The van der Waals surface area contributed by atoms with Crippen molar-refractivity contribution in [1.82, 2.24) is 68.1 Å². The average Bonchev–Trinajstić information content (AvgIpc) is 1.98. The van der Waals surface area contributed by atoms with Crippen molar-refractivity contribution in [3.8, 4) is 68.3 Å². The average molecular weight is 1100 g/mol. The van der Waals surface area contributed by atoms with Gasteiger partial charge in [-0.2, -0.15) is 0 Å². The SMILES string of the molecule is c1ccc(-n2c(-c3ccc(C(c4ccc(-c5nc6cccnc6n5-c5ccccc5)cc4)(c4ccc(-c5nc6nccnc6n5-c5ccccc5)cc4)c4ccc(-c5nc6nccnc6n5-c5ccccc5)cc4)cc3)nc3cccnc32)cc1. The molecule has 8 heterocycles. The Balaban J connectivity index is 0.930. The van der Waals surface area contributed by atoms with E-state index in [-0.39, 0.29) is 0 Å². The number of para-hydroxylation sites is 4. The first-order valence-corrected chi connectivity index (χ1v) is 27.9. The minimum atomic E-state index is -0.971. The van der Waals surface area contributed by atoms with Crippen molar-refractivity contribution >= 4 is 44.9 Å². The molecule has 16 rings (SSSR count). The number of pyridine rings is 2. The zero-order chi connectivity index (χ0) is 56.3. The molecule has 85 heavy (non-hydrogen) atoms. The Labute approximate surface area is 486 Å². The van der Waals surface area contributed by atoms with Gasteiger partial charge in [0.05, 0.1) is 5.41 Å². The molecular formula is C71H46N14. The monoisotopic (exact) mass is 1090 g/mol. The summed E-state index contributed by atoms with van der Waals surface area (Å²) in [5.74, 6) is 3.00. The zero-order valence-corrected chi connectivity index (χ0v) is 45.3. The third-order valence-electron chi connectivity index (χ3n) is 15.8. The fourth-order valence-corrected chi connectivity index (χ4v) is 12.0. The van der Waals surface area contributed by atoms with Crippen LogP contribution in [0.2, 0.25) is 0 Å². The van der Waals surface area contributed by atoms with E-state index in [2.05, 4.69) is 174 Å². The first-order chi connectivity index (χ1) is 42.2. The lowest BCUT2D eigenvalue weighted by Crippen LogP contribution is -2.31. The van der Waals surface area contributed by atoms with E-state index >= 15 is 0 Å². The minimum absolute atomic E-state index is 0.556. The Hall–Kier alpha value is -11.9. The fraction of sp³-hybridized carbons (Fsp3) is 0.0141. The van der Waals surface area contributed by atoms with Crippen LogP contribution in [0.25, 0.3) is 113 Å². The van der Waals surface area contributed by atoms with Gasteiger partial charge in [-0.05, 0) is 95.1 Å². The molecule has 0 aliphatic carbocycles. The van der Waals surface area contributed by atoms with Gasteiger partial charge in [-0.3, -0.25) is 18.3 Å². The molecule has 0 bridgehead atoms. The molecular weight excluding hydrogens is 1050 g/mol. The second-order valence-corrected chi connectivity index (χ2v) is 20.6. The summed E-state index contributed by atoms with van der Waals surface area (Å²) in [6.07, 6.45) is 10.4. The Morgan fingerprint density at radius 3 is 0.812 bits per heavy atom. The van der Waals surface area contributed by atoms with Gasteiger partial charge in [-0.15, -0.1) is 0 Å². The van der Waals surface area contributed by atoms with Crippen molar-refractivity contribution in [3.05, 3.63) is 302 Å². The molecule has 0 fully saturated rings. The fourth-order valence-electron chi connectivity index (χ4n) is 12.0. The summed E-state index contributed by atoms with van der Waals surface area (Å²) in [6, 6.07) is 84.1. The summed E-state index contributed by atoms with van der Waals surface area (Å²) >= 11 is 0. The second kappa shape index (κ2) is 20.3. The van der Waals surface area contributed by atoms with Gasteiger partial charge in [-0.1, -0.05) is 170 Å². The van der Waals surface area contributed by atoms with E-state index in [1.807, 2.05) is 109 Å². The summed E-state index contributed by atoms with van der Waals surface area (Å²) < 4.78 is 8.41. The van der Waals surface area contributed by atoms with E-state index in [4.69, 9.17) is 39.9 Å². The van der Waals surface area contributed by atoms with E-state index in [1.165, 1.54) is 0 Å². The van der Waals surface area contributed by atoms with Crippen molar-refractivity contribution < 1.29 is 0 Å². The maximum atomic E-state index is 5.23. The first-order valence-electron chi connectivity index (χ1n) is 27.9. The number of aromatic nitrogens is 14. The summed E-state index contributed by atoms with van der Waals surface area (Å²) in [7, 11) is 0. The Kier molecular flexibility index (Phi) is 11.7. The maximum Gasteiger partial charge on any atom is 0.198 e. The first kappa shape index (κ1) is 49.0. The predicted octanol–water partition coefficient (Wildman–Crippen LogP) is 14.5. The molecule has 0 radical (unpaired) electrons. The molecule has 14 nitrogen and oxygen atoms in total. The van der Waals surface area contributed by atoms with Crippen LogP contribution < -0.4 is 0 Å². The number of benzene rings is 8. The van der Waals surface area contributed by atoms with Gasteiger partial charge < -0.3 is 0 Å². The lowest BCUT2D eigenvalue weighted by atomic mass is 9.64. The summed E-state index contributed by atoms with van der Waals surface area (Å²) in [5.41, 5.74) is 16.1. The number of nitrogens with zero attached hydrogens (tertiary/aromatic N) is 14. The van der Waals surface area contributed by atoms with Gasteiger partial charge in [0, 0.05) is 82.2 Å². The Morgan fingerprint density at radius 1 is 0.224 bits per heavy atom. The number of hydrogen-bond acceptors (Lipinski definition) is 10. The number of fused-ring (bicyclic) bond motifs is 4. The molecule has 0 unspecified atom stereocenters. The summed E-state index contributed by atoms with van der Waals surface area (Å²) in [5, 5.41) is 0. The van der Waals surface area contributed by atoms with Crippen LogP contribution in [0.3, 0.4) is 0 Å². The molecule has 0 saturated carbocycles. The standard InChI is InChI=1S/C71H46N14/c1-5-15-55(16-6-1)82-63(78-59-23-13-41-74-67(59)82)47-25-33-51(34-26-47)71(52-35-27-48(28-36-52)64-79-60-24-14-42-75-68(60)83(64)56-17-7-2-8-18-56,53-37-29-49(30-38-53)65-80-61-69(76-45-43-72-61)84(65)57-19-9-3-10-20-57)54-39-31-50(32-40-54)66-81-62-70(77-46-44-73-62)85(66)58-21-11-4-12-22-58/h1-46H. The van der Waals surface area contributed by atoms with E-state index < -0.39 is 5.41 Å². The highest BCUT2D eigenvalue weighted by Gasteiger charge is 2.39. The minimum Gasteiger partial charge on any atom is -0.277 e. The van der Waals surface area contributed by atoms with Crippen LogP contribution in [-0.4, -0.2) is 68.1 Å². The summed E-state index contributed by atoms with van der Waals surface area (Å²) in [6.45, 7) is 0. The van der Waals surface area contributed by atoms with Crippen LogP contribution in [0, 0.1) is 0 Å². The molecule has 0 aliphatic rings. The van der Waals surface area contributed by atoms with E-state index in [9.17, 15) is 0 Å². The van der Waals surface area contributed by atoms with Crippen LogP contribution in [0.1, 0.15) is 22.3 Å². The number of hydrogen-bond donors (Lipinski definition) is 0. The van der Waals surface area contributed by atoms with Gasteiger partial charge in [-0.25, -0.2) is 49.8 Å². The molecule has 8 aromatic heterocycles. The number of rotatable bonds is 12. The van der Waals surface area contributed by atoms with Gasteiger partial charge >= 0.3 is 0 Å². The molecule has 16 aromatic rings. The molecule has 0 N–H and O–H groups in total. The van der Waals surface area contributed by atoms with Crippen molar-refractivity contribution in [2.45, 2.75) is 5.41 Å². The van der Waals surface area contributed by atoms with Gasteiger partial charge in [0.1, 0.15) is 34.3 Å². The predicted molar refractivity (Wildman–Crippen MR) is 332 cm³/mol. The highest BCUT2D eigenvalue weighted by atomic mass is 15.2. The zero-order valence-electron chi connectivity index (χ0n) is 45.3. The van der Waals surface area contributed by atoms with Gasteiger partial charge in [0.2, 0.25) is 0 Å². The van der Waals surface area contributed by atoms with E-state index in [0.29, 0.717) is 22.6 Å². The van der Waals surface area contributed by atoms with Crippen molar-refractivity contribution in [3.63, 3.8) is 0 Å². The van der Waals surface area contributed by atoms with Gasteiger partial charge in [0.15, 0.2) is 33.9 Å². The topological polar surface area (TPSA) is 149 Å². The quantitative estimate of drug-likeness (QED) is 0.108. The molecule has 0 atom stereocenters. The third-order valence-corrected chi connectivity index (χ3v) is 15.8. The molecule has 0 amide bonds. The van der Waals surface area contributed by atoms with Crippen LogP contribution >= 0.6 is 0 Å². The van der Waals surface area contributed by atoms with Gasteiger partial charge in [0.25, 0.3) is 0 Å². The largest absolute Gasteiger partial charge is 0.277 e. The van der Waals surface area contributed by atoms with Crippen molar-refractivity contribution in [2.24, 2.45) is 0 Å². The lowest BCUT2D eigenvalue weighted by molar-refractivity contribution is 0.745. The third kappa shape index (κ3) is 8.18. The molecule has 400 valence electrons. The van der Waals surface area contributed by atoms with Crippen LogP contribution in [0.4, 0.5) is 0 Å². The molecule has 0 aliphatic heterocycles. The second-order valence-electron chi connectivity index (χ2n) is 20.6. The molecule has 14 heteroatoms. The molecule has 8 aromatic carbocycles. The Morgan fingerprint density at radius 2 is 0.494 bits per heavy atom. The highest BCUT2D eigenvalue weighted by Crippen LogP contribution is 2.48. The summed E-state index contributed by atoms with van der Waals surface area (Å²) in [4.78, 5) is 49.2. The van der Waals surface area contributed by atoms with E-state index in [0.717, 1.165) is 113 Å². The molecule has 0 saturated heterocycles. The van der Waals surface area contributed by atoms with Crippen LogP contribution in [-0.2, 0) is 5.41 Å². The van der Waals surface area contributed by atoms with Crippen LogP contribution in [0.5, 0.6) is 0 Å². The maximum absolute atomic E-state index is 5.23. The van der Waals surface area contributed by atoms with Crippen LogP contribution in [0.15, 0.2) is 280 Å². The van der Waals surface area contributed by atoms with Crippen molar-refractivity contribution in [1.29, 1.82) is 0 Å².